The molecule has 0 aromatic carbocycles. The van der Waals surface area contributed by atoms with Crippen LogP contribution in [0.15, 0.2) is 0 Å². The Morgan fingerprint density at radius 3 is 2.59 bits per heavy atom. The minimum Gasteiger partial charge on any atom is -0.382 e. The maximum atomic E-state index is 11.5. The summed E-state index contributed by atoms with van der Waals surface area (Å²) in [6, 6.07) is 0.181. The summed E-state index contributed by atoms with van der Waals surface area (Å²) >= 11 is 0. The van der Waals surface area contributed by atoms with E-state index in [1.807, 2.05) is 18.5 Å². The molecule has 0 amide bonds. The molecule has 0 aliphatic carbocycles. The largest absolute Gasteiger partial charge is 0.382 e. The summed E-state index contributed by atoms with van der Waals surface area (Å²) < 4.78 is 26.4. The van der Waals surface area contributed by atoms with E-state index in [2.05, 4.69) is 5.10 Å². The summed E-state index contributed by atoms with van der Waals surface area (Å²) in [6.07, 6.45) is 1.87. The number of hydrogen-bond donors (Lipinski definition) is 1. The fraction of sp³-hybridized carbons (Fsp3) is 0.700. The Labute approximate surface area is 101 Å². The van der Waals surface area contributed by atoms with Gasteiger partial charge in [-0.1, -0.05) is 0 Å². The predicted octanol–water partition coefficient (Wildman–Crippen LogP) is 0.364. The monoisotopic (exact) mass is 258 g/mol. The first-order chi connectivity index (χ1) is 7.80. The highest BCUT2D eigenvalue weighted by atomic mass is 32.2. The summed E-state index contributed by atoms with van der Waals surface area (Å²) in [5, 5.41) is 4.28. The molecule has 0 saturated heterocycles. The molecule has 0 bridgehead atoms. The SMILES string of the molecule is CC(C)n1nc(N)c2c1CN(S(C)(=O)=O)CC2. The number of sulfonamides is 1. The second kappa shape index (κ2) is 3.99. The second-order valence-electron chi connectivity index (χ2n) is 4.70. The highest BCUT2D eigenvalue weighted by Gasteiger charge is 2.28. The van der Waals surface area contributed by atoms with Crippen molar-refractivity contribution in [3.63, 3.8) is 0 Å². The van der Waals surface area contributed by atoms with Crippen LogP contribution in [0.4, 0.5) is 5.82 Å². The first kappa shape index (κ1) is 12.4. The molecule has 6 nitrogen and oxygen atoms in total. The van der Waals surface area contributed by atoms with E-state index in [0.717, 1.165) is 11.3 Å². The maximum Gasteiger partial charge on any atom is 0.211 e. The normalized spacial score (nSPS) is 17.4. The molecule has 2 rings (SSSR count). The van der Waals surface area contributed by atoms with Gasteiger partial charge in [-0.25, -0.2) is 8.42 Å². The van der Waals surface area contributed by atoms with Crippen LogP contribution in [-0.4, -0.2) is 35.3 Å². The summed E-state index contributed by atoms with van der Waals surface area (Å²) in [7, 11) is -3.15. The third kappa shape index (κ3) is 2.16. The van der Waals surface area contributed by atoms with Crippen molar-refractivity contribution in [2.75, 3.05) is 18.5 Å². The summed E-state index contributed by atoms with van der Waals surface area (Å²) in [5.74, 6) is 0.529. The Morgan fingerprint density at radius 1 is 1.41 bits per heavy atom. The topological polar surface area (TPSA) is 81.2 Å². The number of hydrogen-bond acceptors (Lipinski definition) is 4. The van der Waals surface area contributed by atoms with Gasteiger partial charge in [0, 0.05) is 18.2 Å². The quantitative estimate of drug-likeness (QED) is 0.830. The van der Waals surface area contributed by atoms with Crippen LogP contribution < -0.4 is 5.73 Å². The van der Waals surface area contributed by atoms with Gasteiger partial charge in [-0.05, 0) is 20.3 Å². The number of fused-ring (bicyclic) bond motifs is 1. The molecule has 0 fully saturated rings. The van der Waals surface area contributed by atoms with E-state index in [1.54, 1.807) is 0 Å². The number of nitrogen functional groups attached to an aromatic ring is 1. The lowest BCUT2D eigenvalue weighted by atomic mass is 10.1. The Kier molecular flexibility index (Phi) is 2.90. The van der Waals surface area contributed by atoms with Crippen molar-refractivity contribution in [3.8, 4) is 0 Å². The molecule has 0 radical (unpaired) electrons. The molecule has 1 aliphatic rings. The van der Waals surface area contributed by atoms with Gasteiger partial charge in [-0.15, -0.1) is 0 Å². The van der Waals surface area contributed by atoms with Crippen molar-refractivity contribution >= 4 is 15.8 Å². The van der Waals surface area contributed by atoms with Crippen molar-refractivity contribution in [2.45, 2.75) is 32.9 Å². The molecule has 2 heterocycles. The molecule has 0 atom stereocenters. The van der Waals surface area contributed by atoms with Crippen molar-refractivity contribution in [1.29, 1.82) is 0 Å². The van der Waals surface area contributed by atoms with Crippen molar-refractivity contribution in [3.05, 3.63) is 11.3 Å². The molecular weight excluding hydrogens is 240 g/mol. The average molecular weight is 258 g/mol. The number of aromatic nitrogens is 2. The summed E-state index contributed by atoms with van der Waals surface area (Å²) in [5.41, 5.74) is 7.78. The van der Waals surface area contributed by atoms with Crippen LogP contribution in [0.2, 0.25) is 0 Å². The van der Waals surface area contributed by atoms with Crippen LogP contribution in [0, 0.1) is 0 Å². The van der Waals surface area contributed by atoms with E-state index < -0.39 is 10.0 Å². The van der Waals surface area contributed by atoms with Gasteiger partial charge in [-0.3, -0.25) is 4.68 Å². The van der Waals surface area contributed by atoms with Crippen LogP contribution in [0.5, 0.6) is 0 Å². The number of nitrogens with zero attached hydrogens (tertiary/aromatic N) is 3. The molecule has 0 spiro atoms. The molecular formula is C10H18N4O2S. The molecule has 0 saturated carbocycles. The minimum absolute atomic E-state index is 0.181. The molecule has 1 aromatic heterocycles. The molecule has 1 aliphatic heterocycles. The van der Waals surface area contributed by atoms with E-state index in [1.165, 1.54) is 10.6 Å². The standard InChI is InChI=1S/C10H18N4O2S/c1-7(2)14-9-6-13(17(3,15)16)5-4-8(9)10(11)12-14/h7H,4-6H2,1-3H3,(H2,11,12). The van der Waals surface area contributed by atoms with Crippen LogP contribution >= 0.6 is 0 Å². The molecule has 96 valence electrons. The molecule has 0 unspecified atom stereocenters. The Morgan fingerprint density at radius 2 is 2.06 bits per heavy atom. The predicted molar refractivity (Wildman–Crippen MR) is 66.0 cm³/mol. The first-order valence-electron chi connectivity index (χ1n) is 5.61. The lowest BCUT2D eigenvalue weighted by Crippen LogP contribution is -2.36. The smallest absolute Gasteiger partial charge is 0.211 e. The van der Waals surface area contributed by atoms with Crippen LogP contribution in [0.25, 0.3) is 0 Å². The van der Waals surface area contributed by atoms with E-state index >= 15 is 0 Å². The molecule has 17 heavy (non-hydrogen) atoms. The highest BCUT2D eigenvalue weighted by Crippen LogP contribution is 2.27. The van der Waals surface area contributed by atoms with Gasteiger partial charge in [0.15, 0.2) is 0 Å². The van der Waals surface area contributed by atoms with Crippen molar-refractivity contribution < 1.29 is 8.42 Å². The van der Waals surface area contributed by atoms with E-state index in [-0.39, 0.29) is 6.04 Å². The van der Waals surface area contributed by atoms with Crippen LogP contribution in [0.3, 0.4) is 0 Å². The van der Waals surface area contributed by atoms with Gasteiger partial charge >= 0.3 is 0 Å². The summed E-state index contributed by atoms with van der Waals surface area (Å²) in [4.78, 5) is 0. The zero-order valence-corrected chi connectivity index (χ0v) is 11.2. The third-order valence-corrected chi connectivity index (χ3v) is 4.29. The van der Waals surface area contributed by atoms with Gasteiger partial charge in [0.2, 0.25) is 10.0 Å². The van der Waals surface area contributed by atoms with E-state index in [0.29, 0.717) is 25.3 Å². The van der Waals surface area contributed by atoms with Crippen LogP contribution in [-0.2, 0) is 23.0 Å². The zero-order chi connectivity index (χ0) is 12.8. The highest BCUT2D eigenvalue weighted by molar-refractivity contribution is 7.88. The van der Waals surface area contributed by atoms with E-state index in [4.69, 9.17) is 5.73 Å². The Balaban J connectivity index is 2.43. The van der Waals surface area contributed by atoms with Gasteiger partial charge in [0.1, 0.15) is 5.82 Å². The fourth-order valence-electron chi connectivity index (χ4n) is 2.16. The van der Waals surface area contributed by atoms with Gasteiger partial charge < -0.3 is 5.73 Å². The maximum absolute atomic E-state index is 11.5. The van der Waals surface area contributed by atoms with Crippen LogP contribution in [0.1, 0.15) is 31.1 Å². The van der Waals surface area contributed by atoms with Crippen molar-refractivity contribution in [1.82, 2.24) is 14.1 Å². The Bertz CT molecular complexity index is 533. The third-order valence-electron chi connectivity index (χ3n) is 3.05. The number of anilines is 1. The first-order valence-corrected chi connectivity index (χ1v) is 7.46. The lowest BCUT2D eigenvalue weighted by molar-refractivity contribution is 0.369. The van der Waals surface area contributed by atoms with E-state index in [9.17, 15) is 8.42 Å². The average Bonchev–Trinajstić information content (AvgIpc) is 2.54. The molecule has 1 aromatic rings. The summed E-state index contributed by atoms with van der Waals surface area (Å²) in [6.45, 7) is 4.87. The lowest BCUT2D eigenvalue weighted by Gasteiger charge is -2.26. The fourth-order valence-corrected chi connectivity index (χ4v) is 2.94. The Hall–Kier alpha value is -1.08. The van der Waals surface area contributed by atoms with Gasteiger partial charge in [-0.2, -0.15) is 9.40 Å². The molecule has 7 heteroatoms. The second-order valence-corrected chi connectivity index (χ2v) is 6.68. The number of nitrogens with two attached hydrogens (primary N) is 1. The van der Waals surface area contributed by atoms with Crippen molar-refractivity contribution in [2.24, 2.45) is 0 Å². The van der Waals surface area contributed by atoms with Gasteiger partial charge in [0.25, 0.3) is 0 Å². The molecule has 2 N–H and O–H groups in total. The zero-order valence-electron chi connectivity index (χ0n) is 10.3. The number of rotatable bonds is 2. The minimum atomic E-state index is -3.15. The van der Waals surface area contributed by atoms with Gasteiger partial charge in [0.05, 0.1) is 18.5 Å².